The van der Waals surface area contributed by atoms with Crippen LogP contribution in [0.3, 0.4) is 0 Å². The molecule has 0 heterocycles. The van der Waals surface area contributed by atoms with Crippen molar-refractivity contribution in [3.05, 3.63) is 42.5 Å². The number of aliphatic imine (C=N–C) groups is 1. The van der Waals surface area contributed by atoms with Crippen LogP contribution < -0.4 is 20.7 Å². The molecule has 1 aromatic carbocycles. The van der Waals surface area contributed by atoms with Gasteiger partial charge in [0.2, 0.25) is 5.91 Å². The summed E-state index contributed by atoms with van der Waals surface area (Å²) in [6, 6.07) is 7.81. The Morgan fingerprint density at radius 3 is 2.54 bits per heavy atom. The molecule has 144 valence electrons. The van der Waals surface area contributed by atoms with Crippen molar-refractivity contribution in [3.8, 4) is 5.75 Å². The van der Waals surface area contributed by atoms with Gasteiger partial charge in [0, 0.05) is 25.2 Å². The molecule has 6 nitrogen and oxygen atoms in total. The van der Waals surface area contributed by atoms with Gasteiger partial charge in [0.25, 0.3) is 0 Å². The molecule has 26 heavy (non-hydrogen) atoms. The van der Waals surface area contributed by atoms with Crippen molar-refractivity contribution in [2.75, 3.05) is 26.2 Å². The second kappa shape index (κ2) is 11.2. The van der Waals surface area contributed by atoms with Crippen molar-refractivity contribution in [1.82, 2.24) is 16.0 Å². The maximum absolute atomic E-state index is 12.1. The predicted molar refractivity (Wildman–Crippen MR) is 107 cm³/mol. The van der Waals surface area contributed by atoms with Crippen LogP contribution in [0, 0.1) is 5.41 Å². The summed E-state index contributed by atoms with van der Waals surface area (Å²) in [4.78, 5) is 16.7. The number of hydrogen-bond donors (Lipinski definition) is 3. The van der Waals surface area contributed by atoms with Gasteiger partial charge in [-0.25, -0.2) is 4.99 Å². The van der Waals surface area contributed by atoms with Crippen LogP contribution >= 0.6 is 0 Å². The van der Waals surface area contributed by atoms with E-state index in [1.807, 2.05) is 52.0 Å². The second-order valence-electron chi connectivity index (χ2n) is 6.50. The zero-order chi connectivity index (χ0) is 19.4. The zero-order valence-corrected chi connectivity index (χ0v) is 16.4. The van der Waals surface area contributed by atoms with Gasteiger partial charge in [-0.2, -0.15) is 0 Å². The molecule has 0 radical (unpaired) electrons. The average molecular weight is 361 g/mol. The average Bonchev–Trinajstić information content (AvgIpc) is 2.63. The number of para-hydroxylation sites is 1. The Hall–Kier alpha value is -2.50. The minimum Gasteiger partial charge on any atom is -0.489 e. The van der Waals surface area contributed by atoms with Crippen molar-refractivity contribution >= 4 is 11.9 Å². The normalized spacial score (nSPS) is 11.6. The molecular weight excluding hydrogens is 328 g/mol. The lowest BCUT2D eigenvalue weighted by Gasteiger charge is -2.24. The summed E-state index contributed by atoms with van der Waals surface area (Å²) < 4.78 is 5.67. The third kappa shape index (κ3) is 7.17. The zero-order valence-electron chi connectivity index (χ0n) is 16.4. The molecule has 0 aliphatic heterocycles. The van der Waals surface area contributed by atoms with Crippen LogP contribution in [0.1, 0.15) is 33.3 Å². The van der Waals surface area contributed by atoms with Crippen molar-refractivity contribution in [2.24, 2.45) is 10.4 Å². The van der Waals surface area contributed by atoms with Crippen LogP contribution in [-0.4, -0.2) is 38.1 Å². The summed E-state index contributed by atoms with van der Waals surface area (Å²) in [5.41, 5.74) is 0.464. The highest BCUT2D eigenvalue weighted by molar-refractivity contribution is 5.84. The fraction of sp³-hybridized carbons (Fsp3) is 0.500. The van der Waals surface area contributed by atoms with Gasteiger partial charge in [-0.3, -0.25) is 4.79 Å². The van der Waals surface area contributed by atoms with Gasteiger partial charge in [-0.1, -0.05) is 30.9 Å². The number of carbonyl (C=O) groups is 1. The molecular formula is C20H32N4O2. The summed E-state index contributed by atoms with van der Waals surface area (Å²) in [6.45, 7) is 14.2. The molecule has 1 aromatic rings. The number of ether oxygens (including phenoxy) is 1. The quantitative estimate of drug-likeness (QED) is 0.340. The van der Waals surface area contributed by atoms with E-state index in [0.717, 1.165) is 17.9 Å². The first-order valence-corrected chi connectivity index (χ1v) is 9.06. The first-order valence-electron chi connectivity index (χ1n) is 9.06. The smallest absolute Gasteiger partial charge is 0.227 e. The third-order valence-corrected chi connectivity index (χ3v) is 3.73. The topological polar surface area (TPSA) is 74.8 Å². The van der Waals surface area contributed by atoms with Gasteiger partial charge in [-0.15, -0.1) is 0 Å². The van der Waals surface area contributed by atoms with E-state index in [1.165, 1.54) is 0 Å². The van der Waals surface area contributed by atoms with Gasteiger partial charge in [-0.05, 0) is 33.8 Å². The summed E-state index contributed by atoms with van der Waals surface area (Å²) in [5.74, 6) is 1.49. The van der Waals surface area contributed by atoms with Crippen molar-refractivity contribution in [2.45, 2.75) is 34.2 Å². The van der Waals surface area contributed by atoms with Gasteiger partial charge in [0.05, 0.1) is 12.0 Å². The monoisotopic (exact) mass is 360 g/mol. The van der Waals surface area contributed by atoms with Gasteiger partial charge in [0.15, 0.2) is 5.96 Å². The maximum atomic E-state index is 12.1. The lowest BCUT2D eigenvalue weighted by atomic mass is 9.92. The number of nitrogens with one attached hydrogen (secondary N) is 3. The molecule has 0 spiro atoms. The van der Waals surface area contributed by atoms with E-state index in [0.29, 0.717) is 32.2 Å². The third-order valence-electron chi connectivity index (χ3n) is 3.73. The predicted octanol–water partition coefficient (Wildman–Crippen LogP) is 2.47. The number of rotatable bonds is 10. The van der Waals surface area contributed by atoms with Gasteiger partial charge in [0.1, 0.15) is 12.4 Å². The summed E-state index contributed by atoms with van der Waals surface area (Å²) >= 11 is 0. The highest BCUT2D eigenvalue weighted by Crippen LogP contribution is 2.19. The van der Waals surface area contributed by atoms with Gasteiger partial charge < -0.3 is 20.7 Å². The Balaban J connectivity index is 2.78. The van der Waals surface area contributed by atoms with E-state index in [4.69, 9.17) is 4.74 Å². The number of nitrogens with zero attached hydrogens (tertiary/aromatic N) is 1. The Labute approximate surface area is 157 Å². The van der Waals surface area contributed by atoms with Crippen molar-refractivity contribution in [1.29, 1.82) is 0 Å². The molecule has 0 fully saturated rings. The van der Waals surface area contributed by atoms with Crippen LogP contribution in [-0.2, 0) is 11.3 Å². The molecule has 1 amide bonds. The number of amides is 1. The SMILES string of the molecule is C=CCOc1ccccc1CN=C(NCC)NCC(C)(C)C(=O)NCC. The lowest BCUT2D eigenvalue weighted by Crippen LogP contribution is -2.47. The fourth-order valence-corrected chi connectivity index (χ4v) is 2.21. The van der Waals surface area contributed by atoms with E-state index in [1.54, 1.807) is 6.08 Å². The molecule has 0 aliphatic rings. The summed E-state index contributed by atoms with van der Waals surface area (Å²) in [7, 11) is 0. The first kappa shape index (κ1) is 21.5. The molecule has 1 rings (SSSR count). The lowest BCUT2D eigenvalue weighted by molar-refractivity contribution is -0.128. The largest absolute Gasteiger partial charge is 0.489 e. The molecule has 0 saturated carbocycles. The molecule has 6 heteroatoms. The van der Waals surface area contributed by atoms with Crippen molar-refractivity contribution in [3.63, 3.8) is 0 Å². The van der Waals surface area contributed by atoms with Crippen LogP contribution in [0.5, 0.6) is 5.75 Å². The van der Waals surface area contributed by atoms with Crippen LogP contribution in [0.4, 0.5) is 0 Å². The van der Waals surface area contributed by atoms with E-state index >= 15 is 0 Å². The number of hydrogen-bond acceptors (Lipinski definition) is 3. The van der Waals surface area contributed by atoms with E-state index in [9.17, 15) is 4.79 Å². The molecule has 0 unspecified atom stereocenters. The molecule has 0 atom stereocenters. The molecule has 0 bridgehead atoms. The summed E-state index contributed by atoms with van der Waals surface area (Å²) in [5, 5.41) is 9.33. The standard InChI is InChI=1S/C20H32N4O2/c1-6-13-26-17-12-10-9-11-16(17)14-23-19(22-8-3)24-15-20(4,5)18(25)21-7-2/h6,9-12H,1,7-8,13-15H2,2-5H3,(H,21,25)(H2,22,23,24). The van der Waals surface area contributed by atoms with Crippen LogP contribution in [0.2, 0.25) is 0 Å². The minimum atomic E-state index is -0.531. The Morgan fingerprint density at radius 1 is 1.19 bits per heavy atom. The Bertz CT molecular complexity index is 612. The minimum absolute atomic E-state index is 0.0199. The number of guanidine groups is 1. The maximum Gasteiger partial charge on any atom is 0.227 e. The van der Waals surface area contributed by atoms with Gasteiger partial charge >= 0.3 is 0 Å². The van der Waals surface area contributed by atoms with E-state index in [-0.39, 0.29) is 5.91 Å². The molecule has 3 N–H and O–H groups in total. The molecule has 0 saturated heterocycles. The van der Waals surface area contributed by atoms with Crippen molar-refractivity contribution < 1.29 is 9.53 Å². The Kier molecular flexibility index (Phi) is 9.26. The molecule has 0 aliphatic carbocycles. The highest BCUT2D eigenvalue weighted by Gasteiger charge is 2.27. The number of carbonyl (C=O) groups excluding carboxylic acids is 1. The van der Waals surface area contributed by atoms with Crippen LogP contribution in [0.25, 0.3) is 0 Å². The first-order chi connectivity index (χ1) is 12.4. The summed E-state index contributed by atoms with van der Waals surface area (Å²) in [6.07, 6.45) is 1.72. The second-order valence-corrected chi connectivity index (χ2v) is 6.50. The Morgan fingerprint density at radius 2 is 1.88 bits per heavy atom. The number of benzene rings is 1. The van der Waals surface area contributed by atoms with Crippen LogP contribution in [0.15, 0.2) is 41.9 Å². The molecule has 0 aromatic heterocycles. The fourth-order valence-electron chi connectivity index (χ4n) is 2.21. The highest BCUT2D eigenvalue weighted by atomic mass is 16.5. The van der Waals surface area contributed by atoms with E-state index < -0.39 is 5.41 Å². The van der Waals surface area contributed by atoms with E-state index in [2.05, 4.69) is 27.5 Å².